The van der Waals surface area contributed by atoms with Gasteiger partial charge in [0.1, 0.15) is 17.5 Å². The summed E-state index contributed by atoms with van der Waals surface area (Å²) in [4.78, 5) is 6.53. The Kier molecular flexibility index (Phi) is 3.80. The zero-order chi connectivity index (χ0) is 14.8. The fourth-order valence-corrected chi connectivity index (χ4v) is 2.91. The van der Waals surface area contributed by atoms with Gasteiger partial charge in [0.05, 0.1) is 7.11 Å². The second-order valence-electron chi connectivity index (χ2n) is 5.41. The predicted molar refractivity (Wildman–Crippen MR) is 82.9 cm³/mol. The lowest BCUT2D eigenvalue weighted by atomic mass is 9.96. The van der Waals surface area contributed by atoms with Gasteiger partial charge in [0, 0.05) is 25.5 Å². The van der Waals surface area contributed by atoms with Crippen LogP contribution in [0.3, 0.4) is 0 Å². The number of aliphatic hydroxyl groups excluding tert-OH is 1. The van der Waals surface area contributed by atoms with Crippen LogP contribution in [-0.2, 0) is 6.42 Å². The van der Waals surface area contributed by atoms with E-state index in [1.165, 1.54) is 11.3 Å². The summed E-state index contributed by atoms with van der Waals surface area (Å²) in [5.74, 6) is 0.611. The average molecular weight is 284 g/mol. The van der Waals surface area contributed by atoms with Crippen LogP contribution in [-0.4, -0.2) is 30.8 Å². The molecule has 1 aromatic heterocycles. The summed E-state index contributed by atoms with van der Waals surface area (Å²) in [5.41, 5.74) is 3.96. The van der Waals surface area contributed by atoms with E-state index >= 15 is 0 Å². The van der Waals surface area contributed by atoms with Crippen molar-refractivity contribution in [3.05, 3.63) is 53.3 Å². The van der Waals surface area contributed by atoms with Crippen molar-refractivity contribution in [2.75, 3.05) is 25.6 Å². The van der Waals surface area contributed by atoms with Crippen LogP contribution in [0.15, 0.2) is 36.5 Å². The number of pyridine rings is 1. The molecule has 1 unspecified atom stereocenters. The zero-order valence-electron chi connectivity index (χ0n) is 12.4. The summed E-state index contributed by atoms with van der Waals surface area (Å²) in [6.45, 7) is 1.09. The Labute approximate surface area is 125 Å². The van der Waals surface area contributed by atoms with Gasteiger partial charge in [-0.1, -0.05) is 12.1 Å². The number of hydrogen-bond donors (Lipinski definition) is 1. The number of benzene rings is 1. The summed E-state index contributed by atoms with van der Waals surface area (Å²) in [7, 11) is 3.70. The van der Waals surface area contributed by atoms with E-state index in [9.17, 15) is 5.11 Å². The molecule has 3 rings (SSSR count). The number of hydrogen-bond acceptors (Lipinski definition) is 4. The third kappa shape index (κ3) is 2.59. The van der Waals surface area contributed by atoms with Gasteiger partial charge in [0.25, 0.3) is 0 Å². The Morgan fingerprint density at radius 2 is 2.19 bits per heavy atom. The molecule has 110 valence electrons. The van der Waals surface area contributed by atoms with E-state index in [1.54, 1.807) is 19.4 Å². The number of ether oxygens (including phenoxy) is 1. The molecule has 0 saturated heterocycles. The molecule has 0 aliphatic carbocycles. The molecule has 2 aromatic rings. The Balaban J connectivity index is 1.97. The van der Waals surface area contributed by atoms with E-state index in [0.717, 1.165) is 24.9 Å². The van der Waals surface area contributed by atoms with E-state index in [4.69, 9.17) is 4.74 Å². The fraction of sp³-hybridized carbons (Fsp3) is 0.353. The molecule has 1 N–H and O–H groups in total. The first-order valence-corrected chi connectivity index (χ1v) is 7.21. The SMILES string of the molecule is COc1cccnc1C(O)c1ccc2c(c1)CCCN2C. The molecule has 1 atom stereocenters. The molecule has 0 spiro atoms. The van der Waals surface area contributed by atoms with Gasteiger partial charge in [0.2, 0.25) is 0 Å². The first-order chi connectivity index (χ1) is 10.2. The van der Waals surface area contributed by atoms with E-state index in [-0.39, 0.29) is 0 Å². The van der Waals surface area contributed by atoms with Crippen LogP contribution >= 0.6 is 0 Å². The molecule has 0 amide bonds. The van der Waals surface area contributed by atoms with Crippen LogP contribution in [0, 0.1) is 0 Å². The normalized spacial score (nSPS) is 15.5. The maximum Gasteiger partial charge on any atom is 0.143 e. The molecular weight excluding hydrogens is 264 g/mol. The number of anilines is 1. The monoisotopic (exact) mass is 284 g/mol. The van der Waals surface area contributed by atoms with Gasteiger partial charge >= 0.3 is 0 Å². The molecule has 21 heavy (non-hydrogen) atoms. The van der Waals surface area contributed by atoms with Crippen LogP contribution in [0.25, 0.3) is 0 Å². The molecule has 0 bridgehead atoms. The molecule has 0 fully saturated rings. The maximum atomic E-state index is 10.6. The molecule has 2 heterocycles. The predicted octanol–water partition coefficient (Wildman–Crippen LogP) is 2.55. The lowest BCUT2D eigenvalue weighted by Crippen LogP contribution is -2.24. The summed E-state index contributed by atoms with van der Waals surface area (Å²) >= 11 is 0. The molecule has 0 saturated carbocycles. The largest absolute Gasteiger partial charge is 0.495 e. The van der Waals surface area contributed by atoms with Crippen molar-refractivity contribution in [2.24, 2.45) is 0 Å². The van der Waals surface area contributed by atoms with E-state index < -0.39 is 6.10 Å². The number of aliphatic hydroxyl groups is 1. The number of nitrogens with zero attached hydrogens (tertiary/aromatic N) is 2. The van der Waals surface area contributed by atoms with Crippen molar-refractivity contribution < 1.29 is 9.84 Å². The Hall–Kier alpha value is -2.07. The third-order valence-corrected chi connectivity index (χ3v) is 4.05. The van der Waals surface area contributed by atoms with E-state index in [1.807, 2.05) is 12.1 Å². The van der Waals surface area contributed by atoms with Crippen molar-refractivity contribution in [1.82, 2.24) is 4.98 Å². The average Bonchev–Trinajstić information content (AvgIpc) is 2.54. The second kappa shape index (κ2) is 5.74. The van der Waals surface area contributed by atoms with Crippen LogP contribution < -0.4 is 9.64 Å². The fourth-order valence-electron chi connectivity index (χ4n) is 2.91. The number of aromatic nitrogens is 1. The van der Waals surface area contributed by atoms with Crippen LogP contribution in [0.1, 0.15) is 29.3 Å². The lowest BCUT2D eigenvalue weighted by molar-refractivity contribution is 0.209. The maximum absolute atomic E-state index is 10.6. The summed E-state index contributed by atoms with van der Waals surface area (Å²) < 4.78 is 5.29. The standard InChI is InChI=1S/C17H20N2O2/c1-19-10-4-5-12-11-13(7-8-14(12)19)17(20)16-15(21-2)6-3-9-18-16/h3,6-9,11,17,20H,4-5,10H2,1-2H3. The quantitative estimate of drug-likeness (QED) is 0.941. The van der Waals surface area contributed by atoms with E-state index in [2.05, 4.69) is 29.1 Å². The smallest absolute Gasteiger partial charge is 0.143 e. The van der Waals surface area contributed by atoms with Gasteiger partial charge in [-0.25, -0.2) is 0 Å². The lowest BCUT2D eigenvalue weighted by Gasteiger charge is -2.28. The van der Waals surface area contributed by atoms with Crippen LogP contribution in [0.4, 0.5) is 5.69 Å². The summed E-state index contributed by atoms with van der Waals surface area (Å²) in [5, 5.41) is 10.6. The first-order valence-electron chi connectivity index (χ1n) is 7.21. The Bertz CT molecular complexity index is 642. The molecule has 1 aromatic carbocycles. The van der Waals surface area contributed by atoms with Gasteiger partial charge in [-0.15, -0.1) is 0 Å². The van der Waals surface area contributed by atoms with Gasteiger partial charge in [-0.05, 0) is 42.2 Å². The minimum absolute atomic E-state index is 0.559. The highest BCUT2D eigenvalue weighted by atomic mass is 16.5. The third-order valence-electron chi connectivity index (χ3n) is 4.05. The molecular formula is C17H20N2O2. The molecule has 4 nitrogen and oxygen atoms in total. The van der Waals surface area contributed by atoms with Crippen molar-refractivity contribution in [1.29, 1.82) is 0 Å². The highest BCUT2D eigenvalue weighted by Gasteiger charge is 2.20. The van der Waals surface area contributed by atoms with Gasteiger partial charge < -0.3 is 14.7 Å². The number of fused-ring (bicyclic) bond motifs is 1. The molecule has 0 radical (unpaired) electrons. The highest BCUT2D eigenvalue weighted by Crippen LogP contribution is 2.32. The van der Waals surface area contributed by atoms with Gasteiger partial charge in [-0.2, -0.15) is 0 Å². The number of rotatable bonds is 3. The Morgan fingerprint density at radius 3 is 3.00 bits per heavy atom. The second-order valence-corrected chi connectivity index (χ2v) is 5.41. The summed E-state index contributed by atoms with van der Waals surface area (Å²) in [6, 6.07) is 9.76. The van der Waals surface area contributed by atoms with Crippen molar-refractivity contribution in [2.45, 2.75) is 18.9 Å². The topological polar surface area (TPSA) is 45.6 Å². The van der Waals surface area contributed by atoms with E-state index in [0.29, 0.717) is 11.4 Å². The number of aryl methyl sites for hydroxylation is 1. The summed E-state index contributed by atoms with van der Waals surface area (Å²) in [6.07, 6.45) is 3.11. The molecule has 1 aliphatic rings. The van der Waals surface area contributed by atoms with Gasteiger partial charge in [-0.3, -0.25) is 4.98 Å². The van der Waals surface area contributed by atoms with Crippen molar-refractivity contribution >= 4 is 5.69 Å². The molecule has 4 heteroatoms. The van der Waals surface area contributed by atoms with Gasteiger partial charge in [0.15, 0.2) is 0 Å². The first kappa shape index (κ1) is 13.9. The van der Waals surface area contributed by atoms with Crippen molar-refractivity contribution in [3.8, 4) is 5.75 Å². The molecule has 1 aliphatic heterocycles. The van der Waals surface area contributed by atoms with Crippen LogP contribution in [0.2, 0.25) is 0 Å². The van der Waals surface area contributed by atoms with Crippen LogP contribution in [0.5, 0.6) is 5.75 Å². The Morgan fingerprint density at radius 1 is 1.33 bits per heavy atom. The zero-order valence-corrected chi connectivity index (χ0v) is 12.4. The minimum Gasteiger partial charge on any atom is -0.495 e. The number of methoxy groups -OCH3 is 1. The minimum atomic E-state index is -0.765. The van der Waals surface area contributed by atoms with Crippen molar-refractivity contribution in [3.63, 3.8) is 0 Å². The highest BCUT2D eigenvalue weighted by molar-refractivity contribution is 5.57.